The van der Waals surface area contributed by atoms with Crippen LogP contribution in [-0.4, -0.2) is 30.2 Å². The van der Waals surface area contributed by atoms with Gasteiger partial charge in [0.2, 0.25) is 0 Å². The number of allylic oxidation sites excluding steroid dienone is 1. The highest BCUT2D eigenvalue weighted by Gasteiger charge is 2.21. The van der Waals surface area contributed by atoms with Crippen molar-refractivity contribution in [2.24, 2.45) is 5.92 Å². The lowest BCUT2D eigenvalue weighted by Gasteiger charge is -2.26. The molecule has 0 aromatic carbocycles. The Morgan fingerprint density at radius 1 is 1.73 bits per heavy atom. The zero-order valence-electron chi connectivity index (χ0n) is 6.42. The van der Waals surface area contributed by atoms with Gasteiger partial charge in [0, 0.05) is 18.5 Å². The maximum atomic E-state index is 9.87. The minimum Gasteiger partial charge on any atom is -0.393 e. The molecule has 1 heterocycles. The van der Waals surface area contributed by atoms with Crippen LogP contribution in [0, 0.1) is 5.92 Å². The van der Waals surface area contributed by atoms with E-state index in [0.29, 0.717) is 6.42 Å². The molecule has 1 fully saturated rings. The Labute approximate surface area is 66.1 Å². The van der Waals surface area contributed by atoms with E-state index in [4.69, 9.17) is 0 Å². The van der Waals surface area contributed by atoms with Gasteiger partial charge in [-0.25, -0.2) is 4.79 Å². The SMILES string of the molecule is O=C=CCC1CNCCC1O. The van der Waals surface area contributed by atoms with Crippen LogP contribution in [-0.2, 0) is 4.79 Å². The van der Waals surface area contributed by atoms with Crippen LogP contribution in [0.4, 0.5) is 0 Å². The lowest BCUT2D eigenvalue weighted by Crippen LogP contribution is -2.39. The molecular weight excluding hydrogens is 142 g/mol. The van der Waals surface area contributed by atoms with Crippen LogP contribution >= 0.6 is 0 Å². The quantitative estimate of drug-likeness (QED) is 0.540. The molecule has 62 valence electrons. The number of aliphatic hydroxyl groups excluding tert-OH is 1. The Bertz CT molecular complexity index is 163. The highest BCUT2D eigenvalue weighted by Crippen LogP contribution is 2.14. The molecule has 0 aliphatic carbocycles. The first-order valence-corrected chi connectivity index (χ1v) is 3.92. The Morgan fingerprint density at radius 2 is 2.55 bits per heavy atom. The summed E-state index contributed by atoms with van der Waals surface area (Å²) in [6, 6.07) is 0. The summed E-state index contributed by atoms with van der Waals surface area (Å²) < 4.78 is 0. The van der Waals surface area contributed by atoms with E-state index in [1.165, 1.54) is 6.08 Å². The molecule has 1 aliphatic heterocycles. The minimum atomic E-state index is -0.249. The maximum absolute atomic E-state index is 9.87. The highest BCUT2D eigenvalue weighted by molar-refractivity contribution is 5.44. The Hall–Kier alpha value is -0.630. The molecular formula is C8H13NO2. The monoisotopic (exact) mass is 155 g/mol. The van der Waals surface area contributed by atoms with Crippen molar-refractivity contribution in [3.05, 3.63) is 6.08 Å². The smallest absolute Gasteiger partial charge is 0.120 e. The van der Waals surface area contributed by atoms with Crippen molar-refractivity contribution in [3.8, 4) is 0 Å². The first-order chi connectivity index (χ1) is 5.34. The van der Waals surface area contributed by atoms with Crippen molar-refractivity contribution >= 4 is 5.94 Å². The summed E-state index contributed by atoms with van der Waals surface area (Å²) in [7, 11) is 0. The third kappa shape index (κ3) is 2.46. The summed E-state index contributed by atoms with van der Waals surface area (Å²) >= 11 is 0. The zero-order valence-corrected chi connectivity index (χ0v) is 6.42. The van der Waals surface area contributed by atoms with Crippen LogP contribution in [0.3, 0.4) is 0 Å². The van der Waals surface area contributed by atoms with E-state index in [0.717, 1.165) is 19.5 Å². The predicted molar refractivity (Wildman–Crippen MR) is 41.9 cm³/mol. The second-order valence-electron chi connectivity index (χ2n) is 2.88. The minimum absolute atomic E-state index is 0.199. The summed E-state index contributed by atoms with van der Waals surface area (Å²) in [5.74, 6) is 1.92. The van der Waals surface area contributed by atoms with Gasteiger partial charge in [0.25, 0.3) is 0 Å². The average molecular weight is 155 g/mol. The number of aliphatic hydroxyl groups is 1. The number of carbonyl (C=O) groups excluding carboxylic acids is 1. The third-order valence-electron chi connectivity index (χ3n) is 2.07. The van der Waals surface area contributed by atoms with Crippen LogP contribution < -0.4 is 5.32 Å². The standard InChI is InChI=1S/C8H13NO2/c10-5-1-2-7-6-9-4-3-8(7)11/h1,7-9,11H,2-4,6H2. The van der Waals surface area contributed by atoms with Gasteiger partial charge in [-0.3, -0.25) is 0 Å². The van der Waals surface area contributed by atoms with Gasteiger partial charge < -0.3 is 10.4 Å². The number of rotatable bonds is 2. The molecule has 1 saturated heterocycles. The van der Waals surface area contributed by atoms with E-state index in [2.05, 4.69) is 5.32 Å². The van der Waals surface area contributed by atoms with Gasteiger partial charge in [-0.1, -0.05) is 0 Å². The van der Waals surface area contributed by atoms with E-state index >= 15 is 0 Å². The summed E-state index contributed by atoms with van der Waals surface area (Å²) in [6.07, 6.45) is 2.62. The fraction of sp³-hybridized carbons (Fsp3) is 0.750. The summed E-state index contributed by atoms with van der Waals surface area (Å²) in [5.41, 5.74) is 0. The molecule has 11 heavy (non-hydrogen) atoms. The van der Waals surface area contributed by atoms with E-state index in [-0.39, 0.29) is 12.0 Å². The van der Waals surface area contributed by atoms with Crippen molar-refractivity contribution < 1.29 is 9.90 Å². The van der Waals surface area contributed by atoms with E-state index in [9.17, 15) is 9.90 Å². The van der Waals surface area contributed by atoms with Gasteiger partial charge in [-0.2, -0.15) is 0 Å². The van der Waals surface area contributed by atoms with E-state index < -0.39 is 0 Å². The number of hydrogen-bond donors (Lipinski definition) is 2. The lowest BCUT2D eigenvalue weighted by molar-refractivity contribution is 0.0806. The number of piperidine rings is 1. The van der Waals surface area contributed by atoms with Crippen LogP contribution in [0.15, 0.2) is 6.08 Å². The second kappa shape index (κ2) is 4.29. The molecule has 0 saturated carbocycles. The van der Waals surface area contributed by atoms with Gasteiger partial charge >= 0.3 is 0 Å². The highest BCUT2D eigenvalue weighted by atomic mass is 16.3. The van der Waals surface area contributed by atoms with E-state index in [1.54, 1.807) is 5.94 Å². The zero-order chi connectivity index (χ0) is 8.10. The Morgan fingerprint density at radius 3 is 3.18 bits per heavy atom. The van der Waals surface area contributed by atoms with Crippen molar-refractivity contribution in [2.45, 2.75) is 18.9 Å². The van der Waals surface area contributed by atoms with Crippen molar-refractivity contribution in [2.75, 3.05) is 13.1 Å². The molecule has 3 heteroatoms. The molecule has 0 amide bonds. The predicted octanol–water partition coefficient (Wildman–Crippen LogP) is -0.265. The summed E-state index contributed by atoms with van der Waals surface area (Å²) in [5, 5.41) is 12.6. The van der Waals surface area contributed by atoms with Crippen LogP contribution in [0.1, 0.15) is 12.8 Å². The molecule has 2 unspecified atom stereocenters. The van der Waals surface area contributed by atoms with Crippen LogP contribution in [0.2, 0.25) is 0 Å². The molecule has 0 spiro atoms. The first-order valence-electron chi connectivity index (χ1n) is 3.92. The van der Waals surface area contributed by atoms with Crippen molar-refractivity contribution in [3.63, 3.8) is 0 Å². The van der Waals surface area contributed by atoms with Gasteiger partial charge in [-0.15, -0.1) is 0 Å². The molecule has 2 atom stereocenters. The molecule has 0 bridgehead atoms. The fourth-order valence-corrected chi connectivity index (χ4v) is 1.35. The van der Waals surface area contributed by atoms with Gasteiger partial charge in [-0.05, 0) is 19.4 Å². The molecule has 0 aromatic heterocycles. The second-order valence-corrected chi connectivity index (χ2v) is 2.88. The summed E-state index contributed by atoms with van der Waals surface area (Å²) in [6.45, 7) is 1.68. The number of nitrogens with one attached hydrogen (secondary N) is 1. The lowest BCUT2D eigenvalue weighted by atomic mass is 9.93. The molecule has 1 aliphatic rings. The van der Waals surface area contributed by atoms with Crippen LogP contribution in [0.5, 0.6) is 0 Å². The van der Waals surface area contributed by atoms with Crippen LogP contribution in [0.25, 0.3) is 0 Å². The van der Waals surface area contributed by atoms with Crippen molar-refractivity contribution in [1.29, 1.82) is 0 Å². The largest absolute Gasteiger partial charge is 0.393 e. The fourth-order valence-electron chi connectivity index (χ4n) is 1.35. The normalized spacial score (nSPS) is 31.0. The molecule has 0 aromatic rings. The summed E-state index contributed by atoms with van der Waals surface area (Å²) in [4.78, 5) is 9.87. The van der Waals surface area contributed by atoms with E-state index in [1.807, 2.05) is 0 Å². The van der Waals surface area contributed by atoms with Gasteiger partial charge in [0.1, 0.15) is 5.94 Å². The number of hydrogen-bond acceptors (Lipinski definition) is 3. The maximum Gasteiger partial charge on any atom is 0.120 e. The van der Waals surface area contributed by atoms with Crippen molar-refractivity contribution in [1.82, 2.24) is 5.32 Å². The topological polar surface area (TPSA) is 49.3 Å². The van der Waals surface area contributed by atoms with Gasteiger partial charge in [0.15, 0.2) is 0 Å². The first kappa shape index (κ1) is 8.47. The molecule has 1 rings (SSSR count). The Kier molecular flexibility index (Phi) is 3.30. The Balaban J connectivity index is 2.35. The molecule has 0 radical (unpaired) electrons. The third-order valence-corrected chi connectivity index (χ3v) is 2.07. The van der Waals surface area contributed by atoms with Gasteiger partial charge in [0.05, 0.1) is 6.10 Å². The average Bonchev–Trinajstić information content (AvgIpc) is 2.03. The molecule has 2 N–H and O–H groups in total. The molecule has 3 nitrogen and oxygen atoms in total.